The first-order valence-electron chi connectivity index (χ1n) is 7.66. The van der Waals surface area contributed by atoms with Gasteiger partial charge in [0, 0.05) is 24.7 Å². The highest BCUT2D eigenvalue weighted by molar-refractivity contribution is 5.19. The number of nitrogens with two attached hydrogens (primary N) is 1. The van der Waals surface area contributed by atoms with Crippen LogP contribution in [0.2, 0.25) is 0 Å². The Balaban J connectivity index is 2.15. The predicted octanol–water partition coefficient (Wildman–Crippen LogP) is 3.21. The van der Waals surface area contributed by atoms with Gasteiger partial charge in [-0.1, -0.05) is 26.0 Å². The van der Waals surface area contributed by atoms with Crippen molar-refractivity contribution in [2.24, 2.45) is 11.7 Å². The Morgan fingerprint density at radius 2 is 1.90 bits per heavy atom. The van der Waals surface area contributed by atoms with Gasteiger partial charge in [-0.3, -0.25) is 4.90 Å². The number of nitrogens with zero attached hydrogens (tertiary/aromatic N) is 1. The topological polar surface area (TPSA) is 29.3 Å². The van der Waals surface area contributed by atoms with E-state index in [1.54, 1.807) is 0 Å². The molecule has 1 aromatic carbocycles. The second-order valence-corrected chi connectivity index (χ2v) is 6.78. The van der Waals surface area contributed by atoms with Crippen molar-refractivity contribution in [1.29, 1.82) is 0 Å². The van der Waals surface area contributed by atoms with Crippen LogP contribution in [0.3, 0.4) is 0 Å². The molecule has 1 unspecified atom stereocenters. The van der Waals surface area contributed by atoms with Crippen molar-refractivity contribution in [3.05, 3.63) is 35.6 Å². The van der Waals surface area contributed by atoms with E-state index in [0.29, 0.717) is 18.5 Å². The molecule has 1 fully saturated rings. The van der Waals surface area contributed by atoms with Gasteiger partial charge in [0.05, 0.1) is 0 Å². The van der Waals surface area contributed by atoms with Crippen molar-refractivity contribution in [1.82, 2.24) is 4.90 Å². The summed E-state index contributed by atoms with van der Waals surface area (Å²) in [6.45, 7) is 8.47. The molecule has 3 heteroatoms. The molecule has 0 saturated heterocycles. The SMILES string of the molecule is CC(C)CN(C1CC1)C(C)(CN)Cc1ccc(F)cc1. The van der Waals surface area contributed by atoms with Crippen LogP contribution in [0.4, 0.5) is 4.39 Å². The standard InChI is InChI=1S/C17H27FN2/c1-13(2)11-20(16-8-9-16)17(3,12-19)10-14-4-6-15(18)7-5-14/h4-7,13,16H,8-12,19H2,1-3H3. The zero-order chi connectivity index (χ0) is 14.8. The fourth-order valence-electron chi connectivity index (χ4n) is 2.92. The largest absolute Gasteiger partial charge is 0.329 e. The lowest BCUT2D eigenvalue weighted by molar-refractivity contribution is 0.0863. The Hall–Kier alpha value is -0.930. The second kappa shape index (κ2) is 6.23. The van der Waals surface area contributed by atoms with Crippen molar-refractivity contribution in [3.8, 4) is 0 Å². The Morgan fingerprint density at radius 3 is 2.35 bits per heavy atom. The highest BCUT2D eigenvalue weighted by Crippen LogP contribution is 2.35. The number of hydrogen-bond donors (Lipinski definition) is 1. The van der Waals surface area contributed by atoms with E-state index in [-0.39, 0.29) is 11.4 Å². The fourth-order valence-corrected chi connectivity index (χ4v) is 2.92. The molecule has 0 amide bonds. The van der Waals surface area contributed by atoms with E-state index in [4.69, 9.17) is 5.73 Å². The van der Waals surface area contributed by atoms with E-state index in [1.807, 2.05) is 12.1 Å². The van der Waals surface area contributed by atoms with Crippen LogP contribution in [-0.2, 0) is 6.42 Å². The Morgan fingerprint density at radius 1 is 1.30 bits per heavy atom. The molecule has 0 bridgehead atoms. The Labute approximate surface area is 122 Å². The third kappa shape index (κ3) is 3.80. The minimum Gasteiger partial charge on any atom is -0.329 e. The maximum Gasteiger partial charge on any atom is 0.123 e. The Bertz CT molecular complexity index is 425. The molecule has 1 aliphatic carbocycles. The average molecular weight is 278 g/mol. The van der Waals surface area contributed by atoms with E-state index in [0.717, 1.165) is 18.5 Å². The second-order valence-electron chi connectivity index (χ2n) is 6.78. The molecule has 0 aromatic heterocycles. The van der Waals surface area contributed by atoms with Gasteiger partial charge in [0.25, 0.3) is 0 Å². The molecule has 2 N–H and O–H groups in total. The van der Waals surface area contributed by atoms with Crippen molar-refractivity contribution in [2.75, 3.05) is 13.1 Å². The smallest absolute Gasteiger partial charge is 0.123 e. The van der Waals surface area contributed by atoms with Gasteiger partial charge < -0.3 is 5.73 Å². The van der Waals surface area contributed by atoms with E-state index < -0.39 is 0 Å². The quantitative estimate of drug-likeness (QED) is 0.830. The van der Waals surface area contributed by atoms with Gasteiger partial charge >= 0.3 is 0 Å². The van der Waals surface area contributed by atoms with Crippen molar-refractivity contribution < 1.29 is 4.39 Å². The van der Waals surface area contributed by atoms with Crippen LogP contribution in [0.1, 0.15) is 39.2 Å². The first-order chi connectivity index (χ1) is 9.44. The normalized spacial score (nSPS) is 18.6. The zero-order valence-electron chi connectivity index (χ0n) is 12.9. The average Bonchev–Trinajstić information content (AvgIpc) is 3.22. The fraction of sp³-hybridized carbons (Fsp3) is 0.647. The van der Waals surface area contributed by atoms with Crippen LogP contribution in [0, 0.1) is 11.7 Å². The van der Waals surface area contributed by atoms with Gasteiger partial charge in [-0.15, -0.1) is 0 Å². The zero-order valence-corrected chi connectivity index (χ0v) is 12.9. The summed E-state index contributed by atoms with van der Waals surface area (Å²) in [6, 6.07) is 7.52. The third-order valence-electron chi connectivity index (χ3n) is 4.18. The summed E-state index contributed by atoms with van der Waals surface area (Å²) in [4.78, 5) is 2.58. The van der Waals surface area contributed by atoms with Crippen LogP contribution in [0.5, 0.6) is 0 Å². The van der Waals surface area contributed by atoms with Gasteiger partial charge in [-0.05, 0) is 49.8 Å². The summed E-state index contributed by atoms with van der Waals surface area (Å²) >= 11 is 0. The lowest BCUT2D eigenvalue weighted by Crippen LogP contribution is -2.55. The van der Waals surface area contributed by atoms with Crippen LogP contribution >= 0.6 is 0 Å². The molecule has 1 saturated carbocycles. The first kappa shape index (κ1) is 15.5. The van der Waals surface area contributed by atoms with Crippen LogP contribution in [-0.4, -0.2) is 29.6 Å². The summed E-state index contributed by atoms with van der Waals surface area (Å²) < 4.78 is 13.0. The van der Waals surface area contributed by atoms with Gasteiger partial charge in [-0.25, -0.2) is 4.39 Å². The van der Waals surface area contributed by atoms with E-state index in [1.165, 1.54) is 25.0 Å². The third-order valence-corrected chi connectivity index (χ3v) is 4.18. The first-order valence-corrected chi connectivity index (χ1v) is 7.66. The summed E-state index contributed by atoms with van der Waals surface area (Å²) in [6.07, 6.45) is 3.45. The Kier molecular flexibility index (Phi) is 4.82. The van der Waals surface area contributed by atoms with Crippen LogP contribution < -0.4 is 5.73 Å². The molecule has 2 rings (SSSR count). The van der Waals surface area contributed by atoms with Crippen molar-refractivity contribution in [2.45, 2.75) is 51.6 Å². The van der Waals surface area contributed by atoms with Crippen LogP contribution in [0.15, 0.2) is 24.3 Å². The molecular weight excluding hydrogens is 251 g/mol. The molecular formula is C17H27FN2. The lowest BCUT2D eigenvalue weighted by atomic mass is 9.89. The molecule has 1 aromatic rings. The number of benzene rings is 1. The van der Waals surface area contributed by atoms with Crippen molar-refractivity contribution >= 4 is 0 Å². The molecule has 112 valence electrons. The van der Waals surface area contributed by atoms with E-state index in [2.05, 4.69) is 25.7 Å². The molecule has 2 nitrogen and oxygen atoms in total. The lowest BCUT2D eigenvalue weighted by Gasteiger charge is -2.42. The summed E-state index contributed by atoms with van der Waals surface area (Å²) in [5.74, 6) is 0.458. The molecule has 0 spiro atoms. The van der Waals surface area contributed by atoms with E-state index in [9.17, 15) is 4.39 Å². The summed E-state index contributed by atoms with van der Waals surface area (Å²) in [7, 11) is 0. The maximum atomic E-state index is 13.0. The molecule has 0 heterocycles. The molecule has 1 aliphatic rings. The van der Waals surface area contributed by atoms with Gasteiger partial charge in [0.1, 0.15) is 5.82 Å². The van der Waals surface area contributed by atoms with Gasteiger partial charge in [0.2, 0.25) is 0 Å². The maximum absolute atomic E-state index is 13.0. The predicted molar refractivity (Wildman–Crippen MR) is 82.1 cm³/mol. The number of halogens is 1. The minimum absolute atomic E-state index is 0.0384. The van der Waals surface area contributed by atoms with Gasteiger partial charge in [-0.2, -0.15) is 0 Å². The monoisotopic (exact) mass is 278 g/mol. The molecule has 0 radical (unpaired) electrons. The molecule has 1 atom stereocenters. The number of hydrogen-bond acceptors (Lipinski definition) is 2. The highest BCUT2D eigenvalue weighted by atomic mass is 19.1. The summed E-state index contributed by atoms with van der Waals surface area (Å²) in [5, 5.41) is 0. The number of rotatable bonds is 7. The summed E-state index contributed by atoms with van der Waals surface area (Å²) in [5.41, 5.74) is 7.23. The van der Waals surface area contributed by atoms with Crippen molar-refractivity contribution in [3.63, 3.8) is 0 Å². The molecule has 20 heavy (non-hydrogen) atoms. The van der Waals surface area contributed by atoms with E-state index >= 15 is 0 Å². The minimum atomic E-state index is -0.176. The molecule has 0 aliphatic heterocycles. The highest BCUT2D eigenvalue weighted by Gasteiger charge is 2.40. The van der Waals surface area contributed by atoms with Gasteiger partial charge in [0.15, 0.2) is 0 Å². The van der Waals surface area contributed by atoms with Crippen LogP contribution in [0.25, 0.3) is 0 Å².